The lowest BCUT2D eigenvalue weighted by Gasteiger charge is -1.99. The van der Waals surface area contributed by atoms with Crippen LogP contribution in [0.2, 0.25) is 0 Å². The number of esters is 2. The predicted molar refractivity (Wildman–Crippen MR) is 51.5 cm³/mol. The van der Waals surface area contributed by atoms with Crippen molar-refractivity contribution >= 4 is 11.9 Å². The second-order valence-corrected chi connectivity index (χ2v) is 2.33. The molecule has 0 saturated carbocycles. The highest BCUT2D eigenvalue weighted by molar-refractivity contribution is 5.93. The standard InChI is InChI=1S/C10H14O4/c1-4-13-9(11)7-6-8(3)10(12)14-5-2/h6-7H,3-5H2,1-2H3/b7-6+. The van der Waals surface area contributed by atoms with Gasteiger partial charge in [-0.15, -0.1) is 0 Å². The minimum Gasteiger partial charge on any atom is -0.463 e. The van der Waals surface area contributed by atoms with Crippen molar-refractivity contribution in [3.63, 3.8) is 0 Å². The Bertz CT molecular complexity index is 253. The Morgan fingerprint density at radius 2 is 1.71 bits per heavy atom. The molecule has 78 valence electrons. The van der Waals surface area contributed by atoms with E-state index in [9.17, 15) is 9.59 Å². The molecule has 0 unspecified atom stereocenters. The fourth-order valence-corrected chi connectivity index (χ4v) is 0.651. The Hall–Kier alpha value is -1.58. The summed E-state index contributed by atoms with van der Waals surface area (Å²) in [4.78, 5) is 21.8. The van der Waals surface area contributed by atoms with Crippen LogP contribution in [0.25, 0.3) is 0 Å². The van der Waals surface area contributed by atoms with Gasteiger partial charge in [0.1, 0.15) is 0 Å². The third-order valence-corrected chi connectivity index (χ3v) is 1.24. The van der Waals surface area contributed by atoms with Gasteiger partial charge in [-0.2, -0.15) is 0 Å². The molecule has 0 aromatic rings. The van der Waals surface area contributed by atoms with Crippen molar-refractivity contribution in [3.8, 4) is 0 Å². The van der Waals surface area contributed by atoms with E-state index in [-0.39, 0.29) is 12.2 Å². The summed E-state index contributed by atoms with van der Waals surface area (Å²) in [5.74, 6) is -1.04. The van der Waals surface area contributed by atoms with Gasteiger partial charge in [0.25, 0.3) is 0 Å². The average Bonchev–Trinajstić information content (AvgIpc) is 2.15. The first-order chi connectivity index (χ1) is 6.61. The maximum atomic E-state index is 11.0. The van der Waals surface area contributed by atoms with E-state index in [0.29, 0.717) is 6.61 Å². The molecular weight excluding hydrogens is 184 g/mol. The summed E-state index contributed by atoms with van der Waals surface area (Å²) in [7, 11) is 0. The van der Waals surface area contributed by atoms with Crippen LogP contribution in [0.15, 0.2) is 24.3 Å². The van der Waals surface area contributed by atoms with Gasteiger partial charge in [0.05, 0.1) is 18.8 Å². The number of rotatable bonds is 5. The summed E-state index contributed by atoms with van der Waals surface area (Å²) in [6.07, 6.45) is 2.42. The smallest absolute Gasteiger partial charge is 0.337 e. The first kappa shape index (κ1) is 12.4. The number of carbonyl (C=O) groups excluding carboxylic acids is 2. The van der Waals surface area contributed by atoms with Crippen molar-refractivity contribution < 1.29 is 19.1 Å². The van der Waals surface area contributed by atoms with E-state index < -0.39 is 11.9 Å². The highest BCUT2D eigenvalue weighted by Crippen LogP contribution is 1.97. The van der Waals surface area contributed by atoms with Gasteiger partial charge >= 0.3 is 11.9 Å². The quantitative estimate of drug-likeness (QED) is 0.378. The normalized spacial score (nSPS) is 9.86. The molecule has 0 rings (SSSR count). The second-order valence-electron chi connectivity index (χ2n) is 2.33. The molecule has 4 nitrogen and oxygen atoms in total. The summed E-state index contributed by atoms with van der Waals surface area (Å²) in [6.45, 7) is 7.41. The molecule has 0 saturated heterocycles. The van der Waals surface area contributed by atoms with Crippen molar-refractivity contribution in [1.82, 2.24) is 0 Å². The molecule has 0 aliphatic carbocycles. The third kappa shape index (κ3) is 5.13. The molecule has 0 spiro atoms. The van der Waals surface area contributed by atoms with Crippen LogP contribution in [0.3, 0.4) is 0 Å². The lowest BCUT2D eigenvalue weighted by molar-refractivity contribution is -0.138. The average molecular weight is 198 g/mol. The van der Waals surface area contributed by atoms with Crippen LogP contribution in [-0.2, 0) is 19.1 Å². The highest BCUT2D eigenvalue weighted by Gasteiger charge is 2.04. The summed E-state index contributed by atoms with van der Waals surface area (Å²) in [6, 6.07) is 0. The topological polar surface area (TPSA) is 52.6 Å². The van der Waals surface area contributed by atoms with Crippen LogP contribution in [0.1, 0.15) is 13.8 Å². The van der Waals surface area contributed by atoms with E-state index in [1.165, 1.54) is 6.08 Å². The zero-order valence-electron chi connectivity index (χ0n) is 8.41. The molecule has 0 aromatic carbocycles. The number of hydrogen-bond donors (Lipinski definition) is 0. The summed E-state index contributed by atoms with van der Waals surface area (Å²) in [5, 5.41) is 0. The lowest BCUT2D eigenvalue weighted by atomic mass is 10.3. The maximum Gasteiger partial charge on any atom is 0.337 e. The van der Waals surface area contributed by atoms with E-state index in [0.717, 1.165) is 6.08 Å². The highest BCUT2D eigenvalue weighted by atomic mass is 16.5. The van der Waals surface area contributed by atoms with Gasteiger partial charge in [-0.3, -0.25) is 0 Å². The molecule has 0 aliphatic rings. The molecular formula is C10H14O4. The van der Waals surface area contributed by atoms with Gasteiger partial charge in [-0.25, -0.2) is 9.59 Å². The van der Waals surface area contributed by atoms with Gasteiger partial charge in [-0.1, -0.05) is 6.58 Å². The maximum absolute atomic E-state index is 11.0. The lowest BCUT2D eigenvalue weighted by Crippen LogP contribution is -2.06. The first-order valence-electron chi connectivity index (χ1n) is 4.32. The number of ether oxygens (including phenoxy) is 2. The monoisotopic (exact) mass is 198 g/mol. The Balaban J connectivity index is 4.04. The minimum absolute atomic E-state index is 0.125. The van der Waals surface area contributed by atoms with Crippen LogP contribution in [0, 0.1) is 0 Å². The predicted octanol–water partition coefficient (Wildman–Crippen LogP) is 1.22. The van der Waals surface area contributed by atoms with Crippen LogP contribution in [0.4, 0.5) is 0 Å². The van der Waals surface area contributed by atoms with Gasteiger partial charge in [-0.05, 0) is 19.9 Å². The number of hydrogen-bond acceptors (Lipinski definition) is 4. The zero-order valence-corrected chi connectivity index (χ0v) is 8.41. The van der Waals surface area contributed by atoms with Crippen molar-refractivity contribution in [2.45, 2.75) is 13.8 Å². The second kappa shape index (κ2) is 6.88. The van der Waals surface area contributed by atoms with E-state index in [1.807, 2.05) is 0 Å². The molecule has 4 heteroatoms. The SMILES string of the molecule is C=C(/C=C/C(=O)OCC)C(=O)OCC. The van der Waals surface area contributed by atoms with Crippen molar-refractivity contribution in [2.24, 2.45) is 0 Å². The molecule has 0 aromatic heterocycles. The molecule has 14 heavy (non-hydrogen) atoms. The number of carbonyl (C=O) groups is 2. The van der Waals surface area contributed by atoms with Gasteiger partial charge < -0.3 is 9.47 Å². The third-order valence-electron chi connectivity index (χ3n) is 1.24. The Labute approximate surface area is 83.2 Å². The Morgan fingerprint density at radius 1 is 1.14 bits per heavy atom. The molecule has 0 amide bonds. The van der Waals surface area contributed by atoms with Crippen LogP contribution in [-0.4, -0.2) is 25.2 Å². The van der Waals surface area contributed by atoms with Gasteiger partial charge in [0, 0.05) is 6.08 Å². The molecule has 0 atom stereocenters. The van der Waals surface area contributed by atoms with Crippen molar-refractivity contribution in [1.29, 1.82) is 0 Å². The molecule has 0 aliphatic heterocycles. The van der Waals surface area contributed by atoms with Gasteiger partial charge in [0.2, 0.25) is 0 Å². The molecule has 0 N–H and O–H groups in total. The molecule has 0 radical (unpaired) electrons. The Morgan fingerprint density at radius 3 is 2.21 bits per heavy atom. The summed E-state index contributed by atoms with van der Waals surface area (Å²) >= 11 is 0. The minimum atomic E-state index is -0.534. The van der Waals surface area contributed by atoms with Gasteiger partial charge in [0.15, 0.2) is 0 Å². The van der Waals surface area contributed by atoms with E-state index >= 15 is 0 Å². The van der Waals surface area contributed by atoms with Crippen LogP contribution in [0.5, 0.6) is 0 Å². The van der Waals surface area contributed by atoms with E-state index in [1.54, 1.807) is 13.8 Å². The summed E-state index contributed by atoms with van der Waals surface area (Å²) in [5.41, 5.74) is 0.125. The van der Waals surface area contributed by atoms with Crippen molar-refractivity contribution in [2.75, 3.05) is 13.2 Å². The van der Waals surface area contributed by atoms with Crippen LogP contribution >= 0.6 is 0 Å². The van der Waals surface area contributed by atoms with E-state index in [4.69, 9.17) is 0 Å². The first-order valence-corrected chi connectivity index (χ1v) is 4.32. The Kier molecular flexibility index (Phi) is 6.11. The fraction of sp³-hybridized carbons (Fsp3) is 0.400. The van der Waals surface area contributed by atoms with Crippen molar-refractivity contribution in [3.05, 3.63) is 24.3 Å². The molecule has 0 bridgehead atoms. The molecule has 0 fully saturated rings. The fourth-order valence-electron chi connectivity index (χ4n) is 0.651. The largest absolute Gasteiger partial charge is 0.463 e. The summed E-state index contributed by atoms with van der Waals surface area (Å²) < 4.78 is 9.27. The van der Waals surface area contributed by atoms with Crippen LogP contribution < -0.4 is 0 Å². The van der Waals surface area contributed by atoms with E-state index in [2.05, 4.69) is 16.1 Å². The zero-order chi connectivity index (χ0) is 11.0. The molecule has 0 heterocycles.